The second kappa shape index (κ2) is 8.37. The highest BCUT2D eigenvalue weighted by atomic mass is 35.5. The van der Waals surface area contributed by atoms with Crippen LogP contribution in [0, 0.1) is 5.82 Å². The number of rotatable bonds is 7. The molecule has 1 aromatic heterocycles. The Labute approximate surface area is 134 Å². The molecule has 0 spiro atoms. The van der Waals surface area contributed by atoms with Gasteiger partial charge < -0.3 is 5.32 Å². The van der Waals surface area contributed by atoms with E-state index in [4.69, 9.17) is 11.6 Å². The number of halogens is 2. The van der Waals surface area contributed by atoms with Crippen molar-refractivity contribution in [2.24, 2.45) is 0 Å². The Hall–Kier alpha value is -1.10. The molecule has 1 atom stereocenters. The molecule has 5 heteroatoms. The van der Waals surface area contributed by atoms with Gasteiger partial charge in [0.1, 0.15) is 5.82 Å². The molecule has 0 radical (unpaired) electrons. The molecule has 0 aliphatic rings. The summed E-state index contributed by atoms with van der Waals surface area (Å²) in [6.07, 6.45) is 3.91. The van der Waals surface area contributed by atoms with E-state index < -0.39 is 0 Å². The lowest BCUT2D eigenvalue weighted by Gasteiger charge is -2.19. The van der Waals surface area contributed by atoms with Crippen molar-refractivity contribution in [2.45, 2.75) is 24.3 Å². The summed E-state index contributed by atoms with van der Waals surface area (Å²) in [5.74, 6) is 0.491. The number of nitrogens with zero attached hydrogens (tertiary/aromatic N) is 1. The molecule has 0 aliphatic carbocycles. The van der Waals surface area contributed by atoms with E-state index in [-0.39, 0.29) is 11.9 Å². The van der Waals surface area contributed by atoms with Crippen molar-refractivity contribution >= 4 is 23.4 Å². The summed E-state index contributed by atoms with van der Waals surface area (Å²) in [5, 5.41) is 4.12. The second-order valence-corrected chi connectivity index (χ2v) is 6.20. The van der Waals surface area contributed by atoms with Gasteiger partial charge in [0.2, 0.25) is 0 Å². The van der Waals surface area contributed by atoms with Crippen LogP contribution in [0.1, 0.15) is 24.9 Å². The van der Waals surface area contributed by atoms with Gasteiger partial charge in [0, 0.05) is 33.5 Å². The van der Waals surface area contributed by atoms with Crippen molar-refractivity contribution in [1.82, 2.24) is 10.3 Å². The van der Waals surface area contributed by atoms with Crippen LogP contribution in [0.4, 0.5) is 4.39 Å². The van der Waals surface area contributed by atoms with Crippen LogP contribution in [0.15, 0.2) is 47.6 Å². The van der Waals surface area contributed by atoms with Crippen molar-refractivity contribution in [3.8, 4) is 0 Å². The summed E-state index contributed by atoms with van der Waals surface area (Å²) < 4.78 is 13.9. The average molecular weight is 325 g/mol. The zero-order valence-corrected chi connectivity index (χ0v) is 13.4. The fourth-order valence-electron chi connectivity index (χ4n) is 1.96. The van der Waals surface area contributed by atoms with Crippen molar-refractivity contribution < 1.29 is 4.39 Å². The molecule has 21 heavy (non-hydrogen) atoms. The topological polar surface area (TPSA) is 24.9 Å². The number of nitrogens with one attached hydrogen (secondary N) is 1. The first kappa shape index (κ1) is 16.3. The van der Waals surface area contributed by atoms with Gasteiger partial charge >= 0.3 is 0 Å². The first-order valence-corrected chi connectivity index (χ1v) is 8.28. The molecule has 2 rings (SSSR count). The van der Waals surface area contributed by atoms with Crippen LogP contribution in [0.2, 0.25) is 5.02 Å². The fraction of sp³-hybridized carbons (Fsp3) is 0.312. The largest absolute Gasteiger partial charge is 0.309 e. The molecule has 0 saturated heterocycles. The monoisotopic (exact) mass is 324 g/mol. The van der Waals surface area contributed by atoms with Gasteiger partial charge in [-0.25, -0.2) is 4.39 Å². The van der Waals surface area contributed by atoms with Gasteiger partial charge in [0.15, 0.2) is 0 Å². The molecule has 0 saturated carbocycles. The molecule has 2 aromatic rings. The molecular formula is C16H18ClFN2S. The highest BCUT2D eigenvalue weighted by molar-refractivity contribution is 7.99. The van der Waals surface area contributed by atoms with Gasteiger partial charge in [0.25, 0.3) is 0 Å². The van der Waals surface area contributed by atoms with Gasteiger partial charge in [-0.1, -0.05) is 18.5 Å². The number of hydrogen-bond donors (Lipinski definition) is 1. The summed E-state index contributed by atoms with van der Waals surface area (Å²) in [4.78, 5) is 4.93. The zero-order valence-electron chi connectivity index (χ0n) is 11.9. The molecule has 1 heterocycles. The number of pyridine rings is 1. The van der Waals surface area contributed by atoms with Crippen LogP contribution in [0.3, 0.4) is 0 Å². The maximum atomic E-state index is 13.9. The van der Waals surface area contributed by atoms with Crippen molar-refractivity contribution in [1.29, 1.82) is 0 Å². The van der Waals surface area contributed by atoms with E-state index in [0.29, 0.717) is 5.56 Å². The minimum Gasteiger partial charge on any atom is -0.309 e. The minimum absolute atomic E-state index is 0.0337. The average Bonchev–Trinajstić information content (AvgIpc) is 2.50. The Morgan fingerprint density at radius 3 is 2.71 bits per heavy atom. The van der Waals surface area contributed by atoms with Crippen LogP contribution in [0.25, 0.3) is 0 Å². The summed E-state index contributed by atoms with van der Waals surface area (Å²) in [6.45, 7) is 2.95. The zero-order chi connectivity index (χ0) is 15.1. The van der Waals surface area contributed by atoms with Crippen LogP contribution < -0.4 is 5.32 Å². The van der Waals surface area contributed by atoms with E-state index >= 15 is 0 Å². The maximum Gasteiger partial charge on any atom is 0.146 e. The normalized spacial score (nSPS) is 12.3. The first-order chi connectivity index (χ1) is 10.2. The van der Waals surface area contributed by atoms with Crippen molar-refractivity contribution in [2.75, 3.05) is 12.3 Å². The molecule has 1 N–H and O–H groups in total. The third-order valence-corrected chi connectivity index (χ3v) is 4.41. The SMILES string of the molecule is CCCNC(CSc1ccc(Cl)cc1)c1ccncc1F. The summed E-state index contributed by atoms with van der Waals surface area (Å²) in [6, 6.07) is 9.40. The summed E-state index contributed by atoms with van der Waals surface area (Å²) in [7, 11) is 0. The van der Waals surface area contributed by atoms with Gasteiger partial charge in [-0.15, -0.1) is 11.8 Å². The van der Waals surface area contributed by atoms with Gasteiger partial charge in [-0.05, 0) is 43.3 Å². The standard InChI is InChI=1S/C16H18ClFN2S/c1-2-8-20-16(14-7-9-19-10-15(14)18)11-21-13-5-3-12(17)4-6-13/h3-7,9-10,16,20H,2,8,11H2,1H3. The van der Waals surface area contributed by atoms with Gasteiger partial charge in [-0.2, -0.15) is 0 Å². The van der Waals surface area contributed by atoms with Crippen LogP contribution in [-0.4, -0.2) is 17.3 Å². The van der Waals surface area contributed by atoms with Gasteiger partial charge in [-0.3, -0.25) is 4.98 Å². The highest BCUT2D eigenvalue weighted by Crippen LogP contribution is 2.26. The second-order valence-electron chi connectivity index (χ2n) is 4.67. The predicted molar refractivity (Wildman–Crippen MR) is 87.4 cm³/mol. The van der Waals surface area contributed by atoms with E-state index in [1.165, 1.54) is 6.20 Å². The van der Waals surface area contributed by atoms with E-state index in [2.05, 4.69) is 17.2 Å². The van der Waals surface area contributed by atoms with Crippen molar-refractivity contribution in [3.63, 3.8) is 0 Å². The quantitative estimate of drug-likeness (QED) is 0.747. The van der Waals surface area contributed by atoms with E-state index in [0.717, 1.165) is 28.6 Å². The molecule has 0 bridgehead atoms. The molecular weight excluding hydrogens is 307 g/mol. The third-order valence-electron chi connectivity index (χ3n) is 3.05. The summed E-state index contributed by atoms with van der Waals surface area (Å²) in [5.41, 5.74) is 0.667. The Morgan fingerprint density at radius 1 is 1.29 bits per heavy atom. The van der Waals surface area contributed by atoms with E-state index in [1.807, 2.05) is 24.3 Å². The maximum absolute atomic E-state index is 13.9. The first-order valence-electron chi connectivity index (χ1n) is 6.92. The molecule has 112 valence electrons. The predicted octanol–water partition coefficient (Wildman–Crippen LogP) is 4.71. The summed E-state index contributed by atoms with van der Waals surface area (Å²) >= 11 is 7.56. The Kier molecular flexibility index (Phi) is 6.49. The Balaban J connectivity index is 2.06. The number of benzene rings is 1. The van der Waals surface area contributed by atoms with E-state index in [9.17, 15) is 4.39 Å². The number of hydrogen-bond acceptors (Lipinski definition) is 3. The fourth-order valence-corrected chi connectivity index (χ4v) is 3.07. The highest BCUT2D eigenvalue weighted by Gasteiger charge is 2.15. The smallest absolute Gasteiger partial charge is 0.146 e. The molecule has 2 nitrogen and oxygen atoms in total. The lowest BCUT2D eigenvalue weighted by atomic mass is 10.1. The van der Waals surface area contributed by atoms with E-state index in [1.54, 1.807) is 24.0 Å². The minimum atomic E-state index is -0.261. The Bertz CT molecular complexity index is 562. The molecule has 0 aliphatic heterocycles. The molecule has 0 fully saturated rings. The van der Waals surface area contributed by atoms with Crippen LogP contribution >= 0.6 is 23.4 Å². The Morgan fingerprint density at radius 2 is 2.05 bits per heavy atom. The van der Waals surface area contributed by atoms with Gasteiger partial charge in [0.05, 0.1) is 6.20 Å². The molecule has 1 aromatic carbocycles. The van der Waals surface area contributed by atoms with Crippen LogP contribution in [0.5, 0.6) is 0 Å². The third kappa shape index (κ3) is 4.99. The number of aromatic nitrogens is 1. The lowest BCUT2D eigenvalue weighted by Crippen LogP contribution is -2.25. The number of thioether (sulfide) groups is 1. The van der Waals surface area contributed by atoms with Crippen molar-refractivity contribution in [3.05, 3.63) is 59.1 Å². The lowest BCUT2D eigenvalue weighted by molar-refractivity contribution is 0.529. The molecule has 0 amide bonds. The van der Waals surface area contributed by atoms with Crippen LogP contribution in [-0.2, 0) is 0 Å². The molecule has 1 unspecified atom stereocenters.